The predicted molar refractivity (Wildman–Crippen MR) is 62.7 cm³/mol. The Morgan fingerprint density at radius 3 is 2.81 bits per heavy atom. The van der Waals surface area contributed by atoms with Crippen molar-refractivity contribution >= 4 is 11.7 Å². The van der Waals surface area contributed by atoms with Crippen LogP contribution in [0.3, 0.4) is 0 Å². The number of oxime groups is 1. The van der Waals surface area contributed by atoms with Gasteiger partial charge in [-0.1, -0.05) is 5.16 Å². The summed E-state index contributed by atoms with van der Waals surface area (Å²) in [6, 6.07) is 1.95. The van der Waals surface area contributed by atoms with Gasteiger partial charge in [-0.2, -0.15) is 5.10 Å². The van der Waals surface area contributed by atoms with Gasteiger partial charge in [0.05, 0.1) is 11.8 Å². The van der Waals surface area contributed by atoms with Crippen LogP contribution >= 0.6 is 0 Å². The number of amidine groups is 1. The summed E-state index contributed by atoms with van der Waals surface area (Å²) in [4.78, 5) is 2.03. The van der Waals surface area contributed by atoms with Gasteiger partial charge in [-0.25, -0.2) is 0 Å². The Hall–Kier alpha value is -1.85. The third-order valence-electron chi connectivity index (χ3n) is 2.32. The lowest BCUT2D eigenvalue weighted by Gasteiger charge is -2.27. The van der Waals surface area contributed by atoms with Gasteiger partial charge in [-0.15, -0.1) is 5.10 Å². The molecule has 1 aromatic rings. The lowest BCUT2D eigenvalue weighted by atomic mass is 10.2. The highest BCUT2D eigenvalue weighted by molar-refractivity contribution is 6.01. The predicted octanol–water partition coefficient (Wildman–Crippen LogP) is 0.806. The Morgan fingerprint density at radius 2 is 2.31 bits per heavy atom. The average Bonchev–Trinajstić information content (AvgIpc) is 2.29. The van der Waals surface area contributed by atoms with Gasteiger partial charge >= 0.3 is 0 Å². The summed E-state index contributed by atoms with van der Waals surface area (Å²) in [5.41, 5.74) is 6.18. The number of nitrogens with zero attached hydrogens (tertiary/aromatic N) is 4. The van der Waals surface area contributed by atoms with E-state index in [0.717, 1.165) is 6.54 Å². The van der Waals surface area contributed by atoms with Crippen LogP contribution in [-0.4, -0.2) is 33.8 Å². The monoisotopic (exact) mass is 223 g/mol. The van der Waals surface area contributed by atoms with Gasteiger partial charge in [-0.05, 0) is 26.8 Å². The van der Waals surface area contributed by atoms with E-state index in [4.69, 9.17) is 10.9 Å². The van der Waals surface area contributed by atoms with Crippen molar-refractivity contribution in [3.8, 4) is 0 Å². The van der Waals surface area contributed by atoms with E-state index in [1.165, 1.54) is 6.20 Å². The first-order valence-corrected chi connectivity index (χ1v) is 5.18. The van der Waals surface area contributed by atoms with Crippen LogP contribution in [0.2, 0.25) is 0 Å². The maximum atomic E-state index is 8.70. The van der Waals surface area contributed by atoms with E-state index in [9.17, 15) is 0 Å². The van der Waals surface area contributed by atoms with Gasteiger partial charge in [0.1, 0.15) is 0 Å². The third kappa shape index (κ3) is 2.39. The Bertz CT molecular complexity index is 377. The molecule has 0 fully saturated rings. The molecular formula is C10H17N5O. The molecule has 0 aromatic carbocycles. The van der Waals surface area contributed by atoms with Crippen molar-refractivity contribution in [1.82, 2.24) is 10.2 Å². The molecule has 6 heteroatoms. The SMILES string of the molecule is CCN(c1nnccc1/C(N)=N/O)C(C)C. The largest absolute Gasteiger partial charge is 0.409 e. The molecule has 0 saturated heterocycles. The topological polar surface area (TPSA) is 87.6 Å². The quantitative estimate of drug-likeness (QED) is 0.341. The summed E-state index contributed by atoms with van der Waals surface area (Å²) < 4.78 is 0. The van der Waals surface area contributed by atoms with Gasteiger partial charge in [0.2, 0.25) is 0 Å². The molecule has 0 atom stereocenters. The molecule has 0 spiro atoms. The van der Waals surface area contributed by atoms with E-state index in [-0.39, 0.29) is 11.9 Å². The van der Waals surface area contributed by atoms with E-state index in [2.05, 4.69) is 15.4 Å². The normalized spacial score (nSPS) is 11.9. The summed E-state index contributed by atoms with van der Waals surface area (Å²) in [5.74, 6) is 0.680. The van der Waals surface area contributed by atoms with Crippen molar-refractivity contribution in [2.24, 2.45) is 10.9 Å². The molecule has 3 N–H and O–H groups in total. The van der Waals surface area contributed by atoms with Crippen LogP contribution in [0, 0.1) is 0 Å². The second-order valence-electron chi connectivity index (χ2n) is 3.63. The Kier molecular flexibility index (Phi) is 4.04. The summed E-state index contributed by atoms with van der Waals surface area (Å²) in [7, 11) is 0. The van der Waals surface area contributed by atoms with Crippen LogP contribution < -0.4 is 10.6 Å². The van der Waals surface area contributed by atoms with Crippen molar-refractivity contribution in [1.29, 1.82) is 0 Å². The fourth-order valence-electron chi connectivity index (χ4n) is 1.55. The molecule has 0 unspecified atom stereocenters. The van der Waals surface area contributed by atoms with Crippen LogP contribution in [0.15, 0.2) is 17.4 Å². The molecule has 1 heterocycles. The number of nitrogens with two attached hydrogens (primary N) is 1. The van der Waals surface area contributed by atoms with Crippen molar-refractivity contribution in [3.05, 3.63) is 17.8 Å². The Morgan fingerprint density at radius 1 is 1.62 bits per heavy atom. The molecule has 0 aliphatic rings. The number of hydrogen-bond acceptors (Lipinski definition) is 5. The Labute approximate surface area is 94.8 Å². The Balaban J connectivity index is 3.21. The first-order chi connectivity index (χ1) is 7.61. The maximum Gasteiger partial charge on any atom is 0.173 e. The van der Waals surface area contributed by atoms with Crippen molar-refractivity contribution in [2.75, 3.05) is 11.4 Å². The summed E-state index contributed by atoms with van der Waals surface area (Å²) in [6.07, 6.45) is 1.52. The second kappa shape index (κ2) is 5.29. The zero-order valence-corrected chi connectivity index (χ0v) is 9.75. The lowest BCUT2D eigenvalue weighted by molar-refractivity contribution is 0.318. The first-order valence-electron chi connectivity index (χ1n) is 5.18. The van der Waals surface area contributed by atoms with Gasteiger partial charge < -0.3 is 15.8 Å². The van der Waals surface area contributed by atoms with E-state index in [1.807, 2.05) is 25.7 Å². The van der Waals surface area contributed by atoms with E-state index in [1.54, 1.807) is 6.07 Å². The van der Waals surface area contributed by atoms with Crippen LogP contribution in [0.5, 0.6) is 0 Å². The van der Waals surface area contributed by atoms with Crippen LogP contribution in [0.25, 0.3) is 0 Å². The molecule has 6 nitrogen and oxygen atoms in total. The molecule has 1 rings (SSSR count). The molecular weight excluding hydrogens is 206 g/mol. The highest BCUT2D eigenvalue weighted by Gasteiger charge is 2.16. The summed E-state index contributed by atoms with van der Waals surface area (Å²) in [5, 5.41) is 19.6. The highest BCUT2D eigenvalue weighted by atomic mass is 16.4. The van der Waals surface area contributed by atoms with Crippen LogP contribution in [0.1, 0.15) is 26.3 Å². The van der Waals surface area contributed by atoms with Gasteiger partial charge in [-0.3, -0.25) is 0 Å². The average molecular weight is 223 g/mol. The van der Waals surface area contributed by atoms with Gasteiger partial charge in [0.15, 0.2) is 11.7 Å². The molecule has 0 aliphatic heterocycles. The molecule has 1 aromatic heterocycles. The smallest absolute Gasteiger partial charge is 0.173 e. The van der Waals surface area contributed by atoms with Gasteiger partial charge in [0, 0.05) is 12.6 Å². The van der Waals surface area contributed by atoms with Crippen molar-refractivity contribution in [2.45, 2.75) is 26.8 Å². The minimum Gasteiger partial charge on any atom is -0.409 e. The zero-order chi connectivity index (χ0) is 12.1. The molecule has 16 heavy (non-hydrogen) atoms. The van der Waals surface area contributed by atoms with E-state index in [0.29, 0.717) is 11.4 Å². The number of hydrogen-bond donors (Lipinski definition) is 2. The fourth-order valence-corrected chi connectivity index (χ4v) is 1.55. The molecule has 88 valence electrons. The summed E-state index contributed by atoms with van der Waals surface area (Å²) in [6.45, 7) is 6.90. The molecule has 0 bridgehead atoms. The number of rotatable bonds is 4. The molecule has 0 radical (unpaired) electrons. The van der Waals surface area contributed by atoms with Crippen LogP contribution in [-0.2, 0) is 0 Å². The van der Waals surface area contributed by atoms with Crippen LogP contribution in [0.4, 0.5) is 5.82 Å². The highest BCUT2D eigenvalue weighted by Crippen LogP contribution is 2.18. The maximum absolute atomic E-state index is 8.70. The second-order valence-corrected chi connectivity index (χ2v) is 3.63. The molecule has 0 saturated carbocycles. The number of aromatic nitrogens is 2. The molecule has 0 amide bonds. The standard InChI is InChI=1S/C10H17N5O/c1-4-15(7(2)3)10-8(9(11)14-16)5-6-12-13-10/h5-7,16H,4H2,1-3H3,(H2,11,14). The van der Waals surface area contributed by atoms with Crippen molar-refractivity contribution < 1.29 is 5.21 Å². The van der Waals surface area contributed by atoms with E-state index >= 15 is 0 Å². The number of anilines is 1. The minimum atomic E-state index is 0.0454. The molecule has 0 aliphatic carbocycles. The third-order valence-corrected chi connectivity index (χ3v) is 2.32. The summed E-state index contributed by atoms with van der Waals surface area (Å²) >= 11 is 0. The van der Waals surface area contributed by atoms with E-state index < -0.39 is 0 Å². The lowest BCUT2D eigenvalue weighted by Crippen LogP contribution is -2.33. The van der Waals surface area contributed by atoms with Crippen molar-refractivity contribution in [3.63, 3.8) is 0 Å². The van der Waals surface area contributed by atoms with Gasteiger partial charge in [0.25, 0.3) is 0 Å². The minimum absolute atomic E-state index is 0.0454. The fraction of sp³-hybridized carbons (Fsp3) is 0.500. The zero-order valence-electron chi connectivity index (χ0n) is 9.75. The first kappa shape index (κ1) is 12.2.